The molecule has 0 radical (unpaired) electrons. The first-order valence-corrected chi connectivity index (χ1v) is 8.43. The topological polar surface area (TPSA) is 85.7 Å². The van der Waals surface area contributed by atoms with E-state index in [-0.39, 0.29) is 6.04 Å². The van der Waals surface area contributed by atoms with Gasteiger partial charge in [-0.25, -0.2) is 0 Å². The molecule has 4 nitrogen and oxygen atoms in total. The van der Waals surface area contributed by atoms with Crippen LogP contribution >= 0.6 is 0 Å². The average Bonchev–Trinajstić information content (AvgIpc) is 3.38. The van der Waals surface area contributed by atoms with Gasteiger partial charge in [0.05, 0.1) is 17.7 Å². The number of rotatable bonds is 4. The molecule has 0 aromatic heterocycles. The Kier molecular flexibility index (Phi) is 3.50. The summed E-state index contributed by atoms with van der Waals surface area (Å²) in [6, 6.07) is 14.3. The van der Waals surface area contributed by atoms with Crippen molar-refractivity contribution < 1.29 is 0 Å². The SMILES string of the molecule is N#Cc1ccc2c(c1)CCC2Nc1ccc(N)c(C(=N)C2CC2)c1. The van der Waals surface area contributed by atoms with Gasteiger partial charge in [-0.2, -0.15) is 5.26 Å². The van der Waals surface area contributed by atoms with Crippen molar-refractivity contribution >= 4 is 17.1 Å². The highest BCUT2D eigenvalue weighted by Gasteiger charge is 2.29. The molecule has 4 N–H and O–H groups in total. The summed E-state index contributed by atoms with van der Waals surface area (Å²) >= 11 is 0. The van der Waals surface area contributed by atoms with Crippen molar-refractivity contribution in [1.29, 1.82) is 10.7 Å². The zero-order chi connectivity index (χ0) is 16.7. The van der Waals surface area contributed by atoms with Gasteiger partial charge in [0.25, 0.3) is 0 Å². The second-order valence-electron chi connectivity index (χ2n) is 6.75. The molecule has 1 atom stereocenters. The van der Waals surface area contributed by atoms with Crippen molar-refractivity contribution in [3.8, 4) is 6.07 Å². The molecule has 4 heteroatoms. The number of nitrogens with one attached hydrogen (secondary N) is 2. The fraction of sp³-hybridized carbons (Fsp3) is 0.300. The fourth-order valence-electron chi connectivity index (χ4n) is 3.51. The fourth-order valence-corrected chi connectivity index (χ4v) is 3.51. The van der Waals surface area contributed by atoms with Crippen LogP contribution in [-0.4, -0.2) is 5.71 Å². The Morgan fingerprint density at radius 3 is 2.75 bits per heavy atom. The second kappa shape index (κ2) is 5.68. The number of nitriles is 1. The summed E-state index contributed by atoms with van der Waals surface area (Å²) in [6.07, 6.45) is 4.21. The lowest BCUT2D eigenvalue weighted by molar-refractivity contribution is 0.762. The van der Waals surface area contributed by atoms with Gasteiger partial charge in [-0.15, -0.1) is 0 Å². The van der Waals surface area contributed by atoms with Crippen LogP contribution in [0.25, 0.3) is 0 Å². The molecule has 0 amide bonds. The molecule has 1 saturated carbocycles. The van der Waals surface area contributed by atoms with E-state index in [1.165, 1.54) is 11.1 Å². The first kappa shape index (κ1) is 14.8. The Morgan fingerprint density at radius 1 is 1.17 bits per heavy atom. The molecule has 2 aromatic rings. The molecule has 120 valence electrons. The van der Waals surface area contributed by atoms with Crippen molar-refractivity contribution in [3.05, 3.63) is 58.7 Å². The van der Waals surface area contributed by atoms with Crippen molar-refractivity contribution in [2.75, 3.05) is 11.1 Å². The molecule has 2 aliphatic carbocycles. The van der Waals surface area contributed by atoms with E-state index >= 15 is 0 Å². The van der Waals surface area contributed by atoms with E-state index in [1.54, 1.807) is 0 Å². The summed E-state index contributed by atoms with van der Waals surface area (Å²) < 4.78 is 0. The third kappa shape index (κ3) is 2.63. The number of hydrogen-bond acceptors (Lipinski definition) is 4. The van der Waals surface area contributed by atoms with Crippen LogP contribution in [0.2, 0.25) is 0 Å². The van der Waals surface area contributed by atoms with Gasteiger partial charge >= 0.3 is 0 Å². The normalized spacial score (nSPS) is 18.7. The number of nitrogens with two attached hydrogens (primary N) is 1. The van der Waals surface area contributed by atoms with Crippen LogP contribution in [0.1, 0.15) is 47.6 Å². The lowest BCUT2D eigenvalue weighted by Gasteiger charge is -2.17. The number of anilines is 2. The second-order valence-corrected chi connectivity index (χ2v) is 6.75. The minimum absolute atomic E-state index is 0.249. The van der Waals surface area contributed by atoms with E-state index in [2.05, 4.69) is 17.5 Å². The predicted octanol–water partition coefficient (Wildman–Crippen LogP) is 4.02. The third-order valence-electron chi connectivity index (χ3n) is 5.02. The molecule has 0 aliphatic heterocycles. The summed E-state index contributed by atoms with van der Waals surface area (Å²) in [7, 11) is 0. The standard InChI is InChI=1S/C20H20N4/c21-11-12-1-6-16-14(9-12)4-8-19(16)24-15-5-7-18(22)17(10-15)20(23)13-2-3-13/h1,5-7,9-10,13,19,23-24H,2-4,8,22H2. The van der Waals surface area contributed by atoms with Crippen molar-refractivity contribution in [1.82, 2.24) is 0 Å². The van der Waals surface area contributed by atoms with E-state index in [0.717, 1.165) is 42.5 Å². The Morgan fingerprint density at radius 2 is 2.00 bits per heavy atom. The minimum atomic E-state index is 0.249. The van der Waals surface area contributed by atoms with E-state index in [1.807, 2.05) is 30.3 Å². The van der Waals surface area contributed by atoms with Crippen LogP contribution in [-0.2, 0) is 6.42 Å². The number of fused-ring (bicyclic) bond motifs is 1. The van der Waals surface area contributed by atoms with Crippen LogP contribution in [0.15, 0.2) is 36.4 Å². The van der Waals surface area contributed by atoms with E-state index < -0.39 is 0 Å². The highest BCUT2D eigenvalue weighted by Crippen LogP contribution is 2.37. The summed E-state index contributed by atoms with van der Waals surface area (Å²) in [5, 5.41) is 20.9. The van der Waals surface area contributed by atoms with Gasteiger partial charge in [-0.1, -0.05) is 6.07 Å². The molecular weight excluding hydrogens is 296 g/mol. The lowest BCUT2D eigenvalue weighted by Crippen LogP contribution is -2.10. The number of nitrogens with zero attached hydrogens (tertiary/aromatic N) is 1. The monoisotopic (exact) mass is 316 g/mol. The van der Waals surface area contributed by atoms with Crippen LogP contribution in [0.3, 0.4) is 0 Å². The zero-order valence-electron chi connectivity index (χ0n) is 13.5. The molecule has 2 aromatic carbocycles. The van der Waals surface area contributed by atoms with E-state index in [0.29, 0.717) is 17.3 Å². The van der Waals surface area contributed by atoms with Gasteiger partial charge < -0.3 is 16.5 Å². The molecule has 1 fully saturated rings. The van der Waals surface area contributed by atoms with Crippen molar-refractivity contribution in [2.24, 2.45) is 5.92 Å². The maximum atomic E-state index is 9.03. The molecule has 1 unspecified atom stereocenters. The highest BCUT2D eigenvalue weighted by atomic mass is 14.9. The smallest absolute Gasteiger partial charge is 0.0991 e. The summed E-state index contributed by atoms with van der Waals surface area (Å²) in [4.78, 5) is 0. The van der Waals surface area contributed by atoms with Gasteiger partial charge in [0.2, 0.25) is 0 Å². The molecule has 2 aliphatic rings. The van der Waals surface area contributed by atoms with Crippen LogP contribution in [0.5, 0.6) is 0 Å². The van der Waals surface area contributed by atoms with E-state index in [4.69, 9.17) is 16.4 Å². The summed E-state index contributed by atoms with van der Waals surface area (Å²) in [6.45, 7) is 0. The number of aryl methyl sites for hydroxylation is 1. The summed E-state index contributed by atoms with van der Waals surface area (Å²) in [5.74, 6) is 0.388. The molecule has 0 spiro atoms. The first-order chi connectivity index (χ1) is 11.7. The Labute approximate surface area is 141 Å². The lowest BCUT2D eigenvalue weighted by atomic mass is 10.0. The van der Waals surface area contributed by atoms with Crippen LogP contribution in [0.4, 0.5) is 11.4 Å². The quantitative estimate of drug-likeness (QED) is 0.588. The van der Waals surface area contributed by atoms with Gasteiger partial charge in [0.15, 0.2) is 0 Å². The predicted molar refractivity (Wildman–Crippen MR) is 96.2 cm³/mol. The number of benzene rings is 2. The maximum Gasteiger partial charge on any atom is 0.0991 e. The van der Waals surface area contributed by atoms with Crippen molar-refractivity contribution in [3.63, 3.8) is 0 Å². The Bertz CT molecular complexity index is 858. The van der Waals surface area contributed by atoms with E-state index in [9.17, 15) is 0 Å². The minimum Gasteiger partial charge on any atom is -0.398 e. The third-order valence-corrected chi connectivity index (χ3v) is 5.02. The number of hydrogen-bond donors (Lipinski definition) is 3. The molecule has 0 saturated heterocycles. The Hall–Kier alpha value is -2.80. The van der Waals surface area contributed by atoms with Crippen LogP contribution < -0.4 is 11.1 Å². The van der Waals surface area contributed by atoms with Gasteiger partial charge in [0.1, 0.15) is 0 Å². The molecule has 24 heavy (non-hydrogen) atoms. The molecular formula is C20H20N4. The van der Waals surface area contributed by atoms with Gasteiger partial charge in [-0.3, -0.25) is 0 Å². The van der Waals surface area contributed by atoms with Crippen molar-refractivity contribution in [2.45, 2.75) is 31.7 Å². The highest BCUT2D eigenvalue weighted by molar-refractivity contribution is 6.06. The molecule has 0 bridgehead atoms. The molecule has 0 heterocycles. The summed E-state index contributed by atoms with van der Waals surface area (Å²) in [5.41, 5.74) is 12.5. The first-order valence-electron chi connectivity index (χ1n) is 8.43. The Balaban J connectivity index is 1.58. The largest absolute Gasteiger partial charge is 0.398 e. The molecule has 4 rings (SSSR count). The average molecular weight is 316 g/mol. The zero-order valence-corrected chi connectivity index (χ0v) is 13.5. The number of nitrogen functional groups attached to an aromatic ring is 1. The maximum absolute atomic E-state index is 9.03. The van der Waals surface area contributed by atoms with Gasteiger partial charge in [-0.05, 0) is 67.1 Å². The van der Waals surface area contributed by atoms with Crippen LogP contribution in [0, 0.1) is 22.7 Å². The van der Waals surface area contributed by atoms with Gasteiger partial charge in [0, 0.05) is 28.6 Å².